The maximum Gasteiger partial charge on any atom is 0.137 e. The van der Waals surface area contributed by atoms with Gasteiger partial charge < -0.3 is 14.4 Å². The number of rotatable bonds is 6. The molecule has 0 saturated carbocycles. The summed E-state index contributed by atoms with van der Waals surface area (Å²) in [7, 11) is 3.78. The molecule has 1 atom stereocenters. The third-order valence-electron chi connectivity index (χ3n) is 3.78. The average Bonchev–Trinajstić information content (AvgIpc) is 2.46. The van der Waals surface area contributed by atoms with E-state index < -0.39 is 0 Å². The average molecular weight is 298 g/mol. The molecule has 0 aromatic heterocycles. The topological polar surface area (TPSA) is 21.7 Å². The fourth-order valence-electron chi connectivity index (χ4n) is 2.60. The van der Waals surface area contributed by atoms with Gasteiger partial charge in [0.15, 0.2) is 0 Å². The minimum Gasteiger partial charge on any atom is -0.495 e. The van der Waals surface area contributed by atoms with E-state index in [0.717, 1.165) is 31.9 Å². The zero-order valence-electron chi connectivity index (χ0n) is 12.4. The van der Waals surface area contributed by atoms with Crippen molar-refractivity contribution in [3.8, 4) is 5.75 Å². The van der Waals surface area contributed by atoms with Crippen molar-refractivity contribution in [3.63, 3.8) is 0 Å². The Morgan fingerprint density at radius 1 is 1.40 bits per heavy atom. The van der Waals surface area contributed by atoms with Crippen LogP contribution in [0.3, 0.4) is 0 Å². The Hall–Kier alpha value is -0.770. The molecule has 0 bridgehead atoms. The van der Waals surface area contributed by atoms with Crippen LogP contribution >= 0.6 is 11.6 Å². The summed E-state index contributed by atoms with van der Waals surface area (Å²) >= 11 is 6.15. The number of ether oxygens (including phenoxy) is 2. The van der Waals surface area contributed by atoms with Crippen molar-refractivity contribution in [2.75, 3.05) is 27.3 Å². The minimum atomic E-state index is 0.450. The second-order valence-corrected chi connectivity index (χ2v) is 5.89. The number of benzene rings is 1. The highest BCUT2D eigenvalue weighted by molar-refractivity contribution is 6.32. The maximum atomic E-state index is 6.15. The first-order chi connectivity index (χ1) is 9.69. The van der Waals surface area contributed by atoms with Crippen molar-refractivity contribution >= 4 is 11.6 Å². The summed E-state index contributed by atoms with van der Waals surface area (Å²) in [5, 5.41) is 0.675. The van der Waals surface area contributed by atoms with Crippen molar-refractivity contribution < 1.29 is 9.47 Å². The lowest BCUT2D eigenvalue weighted by Crippen LogP contribution is -2.26. The molecule has 1 aliphatic heterocycles. The zero-order chi connectivity index (χ0) is 14.4. The third-order valence-corrected chi connectivity index (χ3v) is 4.07. The van der Waals surface area contributed by atoms with E-state index in [-0.39, 0.29) is 0 Å². The summed E-state index contributed by atoms with van der Waals surface area (Å²) in [4.78, 5) is 2.32. The highest BCUT2D eigenvalue weighted by Crippen LogP contribution is 2.25. The van der Waals surface area contributed by atoms with Gasteiger partial charge in [0, 0.05) is 19.7 Å². The second-order valence-electron chi connectivity index (χ2n) is 5.48. The van der Waals surface area contributed by atoms with Crippen LogP contribution in [0.4, 0.5) is 0 Å². The molecule has 0 N–H and O–H groups in total. The van der Waals surface area contributed by atoms with Crippen LogP contribution in [0, 0.1) is 0 Å². The summed E-state index contributed by atoms with van der Waals surface area (Å²) in [6, 6.07) is 5.97. The molecule has 112 valence electrons. The van der Waals surface area contributed by atoms with Gasteiger partial charge in [-0.15, -0.1) is 0 Å². The highest BCUT2D eigenvalue weighted by Gasteiger charge is 2.14. The Bertz CT molecular complexity index is 419. The Kier molecular flexibility index (Phi) is 6.14. The largest absolute Gasteiger partial charge is 0.495 e. The molecule has 1 aromatic rings. The Labute approximate surface area is 126 Å². The predicted molar refractivity (Wildman–Crippen MR) is 82.5 cm³/mol. The van der Waals surface area contributed by atoms with Gasteiger partial charge in [-0.2, -0.15) is 0 Å². The third kappa shape index (κ3) is 4.65. The van der Waals surface area contributed by atoms with Crippen molar-refractivity contribution in [2.24, 2.45) is 0 Å². The van der Waals surface area contributed by atoms with Crippen LogP contribution in [0.2, 0.25) is 5.02 Å². The van der Waals surface area contributed by atoms with Gasteiger partial charge in [-0.3, -0.25) is 0 Å². The molecule has 4 heteroatoms. The monoisotopic (exact) mass is 297 g/mol. The van der Waals surface area contributed by atoms with Gasteiger partial charge in [0.1, 0.15) is 5.75 Å². The maximum absolute atomic E-state index is 6.15. The zero-order valence-corrected chi connectivity index (χ0v) is 13.2. The molecule has 2 rings (SSSR count). The molecular weight excluding hydrogens is 274 g/mol. The standard InChI is InChI=1S/C16H24ClNO2/c1-18(9-8-14-5-3-4-10-20-14)12-13-6-7-16(19-2)15(17)11-13/h6-7,11,14H,3-5,8-10,12H2,1-2H3/t14-/m0/s1. The first-order valence-corrected chi connectivity index (χ1v) is 7.69. The lowest BCUT2D eigenvalue weighted by molar-refractivity contribution is 0.00641. The molecule has 1 fully saturated rings. The van der Waals surface area contributed by atoms with E-state index in [1.54, 1.807) is 7.11 Å². The fourth-order valence-corrected chi connectivity index (χ4v) is 2.88. The first-order valence-electron chi connectivity index (χ1n) is 7.31. The fraction of sp³-hybridized carbons (Fsp3) is 0.625. The summed E-state index contributed by atoms with van der Waals surface area (Å²) in [5.41, 5.74) is 1.21. The van der Waals surface area contributed by atoms with Gasteiger partial charge in [-0.1, -0.05) is 17.7 Å². The number of hydrogen-bond acceptors (Lipinski definition) is 3. The van der Waals surface area contributed by atoms with Gasteiger partial charge in [-0.05, 0) is 50.4 Å². The normalized spacial score (nSPS) is 19.3. The van der Waals surface area contributed by atoms with E-state index in [1.165, 1.54) is 24.8 Å². The summed E-state index contributed by atoms with van der Waals surface area (Å²) < 4.78 is 10.9. The van der Waals surface area contributed by atoms with Gasteiger partial charge in [-0.25, -0.2) is 0 Å². The number of methoxy groups -OCH3 is 1. The first kappa shape index (κ1) is 15.6. The van der Waals surface area contributed by atoms with E-state index in [2.05, 4.69) is 18.0 Å². The number of halogens is 1. The van der Waals surface area contributed by atoms with E-state index in [0.29, 0.717) is 11.1 Å². The smallest absolute Gasteiger partial charge is 0.137 e. The minimum absolute atomic E-state index is 0.450. The molecule has 0 radical (unpaired) electrons. The Morgan fingerprint density at radius 2 is 2.25 bits per heavy atom. The lowest BCUT2D eigenvalue weighted by atomic mass is 10.1. The molecule has 20 heavy (non-hydrogen) atoms. The van der Waals surface area contributed by atoms with E-state index >= 15 is 0 Å². The van der Waals surface area contributed by atoms with Crippen LogP contribution in [0.5, 0.6) is 5.75 Å². The lowest BCUT2D eigenvalue weighted by Gasteiger charge is -2.25. The van der Waals surface area contributed by atoms with Crippen molar-refractivity contribution in [2.45, 2.75) is 38.3 Å². The SMILES string of the molecule is COc1ccc(CN(C)CC[C@@H]2CCCCO2)cc1Cl. The molecule has 1 aliphatic rings. The van der Waals surface area contributed by atoms with Gasteiger partial charge >= 0.3 is 0 Å². The molecule has 1 saturated heterocycles. The van der Waals surface area contributed by atoms with Crippen molar-refractivity contribution in [1.29, 1.82) is 0 Å². The number of nitrogens with zero attached hydrogens (tertiary/aromatic N) is 1. The molecule has 0 spiro atoms. The van der Waals surface area contributed by atoms with Crippen LogP contribution in [0.1, 0.15) is 31.2 Å². The summed E-state index contributed by atoms with van der Waals surface area (Å²) in [5.74, 6) is 0.730. The van der Waals surface area contributed by atoms with Crippen LogP contribution in [0.25, 0.3) is 0 Å². The molecule has 0 aliphatic carbocycles. The second kappa shape index (κ2) is 7.87. The molecule has 0 unspecified atom stereocenters. The van der Waals surface area contributed by atoms with Crippen LogP contribution in [-0.4, -0.2) is 38.3 Å². The highest BCUT2D eigenvalue weighted by atomic mass is 35.5. The molecule has 1 aromatic carbocycles. The van der Waals surface area contributed by atoms with Crippen LogP contribution in [0.15, 0.2) is 18.2 Å². The Balaban J connectivity index is 1.78. The van der Waals surface area contributed by atoms with Crippen molar-refractivity contribution in [1.82, 2.24) is 4.90 Å². The van der Waals surface area contributed by atoms with Crippen LogP contribution in [-0.2, 0) is 11.3 Å². The van der Waals surface area contributed by atoms with Gasteiger partial charge in [0.05, 0.1) is 18.2 Å². The number of hydrogen-bond donors (Lipinski definition) is 0. The summed E-state index contributed by atoms with van der Waals surface area (Å²) in [6.07, 6.45) is 5.30. The summed E-state index contributed by atoms with van der Waals surface area (Å²) in [6.45, 7) is 2.88. The quantitative estimate of drug-likeness (QED) is 0.798. The van der Waals surface area contributed by atoms with Crippen molar-refractivity contribution in [3.05, 3.63) is 28.8 Å². The molecule has 3 nitrogen and oxygen atoms in total. The van der Waals surface area contributed by atoms with Gasteiger partial charge in [0.2, 0.25) is 0 Å². The molecular formula is C16H24ClNO2. The molecule has 0 amide bonds. The Morgan fingerprint density at radius 3 is 2.90 bits per heavy atom. The van der Waals surface area contributed by atoms with E-state index in [4.69, 9.17) is 21.1 Å². The van der Waals surface area contributed by atoms with Crippen LogP contribution < -0.4 is 4.74 Å². The van der Waals surface area contributed by atoms with E-state index in [1.807, 2.05) is 12.1 Å². The molecule has 1 heterocycles. The predicted octanol–water partition coefficient (Wildman–Crippen LogP) is 3.74. The van der Waals surface area contributed by atoms with E-state index in [9.17, 15) is 0 Å². The van der Waals surface area contributed by atoms with Gasteiger partial charge in [0.25, 0.3) is 0 Å².